The summed E-state index contributed by atoms with van der Waals surface area (Å²) in [5.41, 5.74) is 0.0858. The van der Waals surface area contributed by atoms with E-state index in [0.29, 0.717) is 12.5 Å². The Hall–Kier alpha value is -0.610. The third-order valence-electron chi connectivity index (χ3n) is 2.37. The van der Waals surface area contributed by atoms with Crippen LogP contribution in [0.5, 0.6) is 0 Å². The minimum absolute atomic E-state index is 0.0858. The third kappa shape index (κ3) is 5.59. The Bertz CT molecular complexity index is 546. The predicted octanol–water partition coefficient (Wildman–Crippen LogP) is 3.37. The first-order valence-corrected chi connectivity index (χ1v) is 7.92. The molecule has 0 aliphatic heterocycles. The Kier molecular flexibility index (Phi) is 6.23. The van der Waals surface area contributed by atoms with E-state index in [4.69, 9.17) is 0 Å². The van der Waals surface area contributed by atoms with Crippen LogP contribution < -0.4 is 0 Å². The van der Waals surface area contributed by atoms with Crippen LogP contribution in [0.2, 0.25) is 0 Å². The Morgan fingerprint density at radius 2 is 1.86 bits per heavy atom. The number of nitrogens with zero attached hydrogens (tertiary/aromatic N) is 2. The molecular weight excluding hydrogens is 441 g/mol. The second-order valence-corrected chi connectivity index (χ2v) is 8.05. The van der Waals surface area contributed by atoms with Crippen molar-refractivity contribution in [3.05, 3.63) is 19.2 Å². The van der Waals surface area contributed by atoms with E-state index < -0.39 is 31.1 Å². The lowest BCUT2D eigenvalue weighted by Crippen LogP contribution is -2.44. The standard InChI is InChI=1S/C11H11Br2F3N2O2S/c1-17(2)8(19)4-18(5-11(14,15)16)10(20)6-3-7(12)21-9(6)13/h3H,4-5H2,1-2H3. The molecule has 1 aromatic heterocycles. The molecule has 0 bridgehead atoms. The molecule has 2 amide bonds. The molecule has 0 saturated heterocycles. The first kappa shape index (κ1) is 18.4. The predicted molar refractivity (Wildman–Crippen MR) is 80.4 cm³/mol. The van der Waals surface area contributed by atoms with E-state index in [1.807, 2.05) is 0 Å². The van der Waals surface area contributed by atoms with Gasteiger partial charge in [0.05, 0.1) is 13.1 Å². The summed E-state index contributed by atoms with van der Waals surface area (Å²) in [6.45, 7) is -2.11. The molecule has 0 aromatic carbocycles. The summed E-state index contributed by atoms with van der Waals surface area (Å²) in [5.74, 6) is -1.44. The fourth-order valence-corrected chi connectivity index (χ4v) is 4.15. The summed E-state index contributed by atoms with van der Waals surface area (Å²) in [5, 5.41) is 0. The van der Waals surface area contributed by atoms with Gasteiger partial charge in [-0.25, -0.2) is 0 Å². The van der Waals surface area contributed by atoms with Crippen molar-refractivity contribution >= 4 is 55.0 Å². The van der Waals surface area contributed by atoms with Crippen molar-refractivity contribution < 1.29 is 22.8 Å². The van der Waals surface area contributed by atoms with E-state index in [9.17, 15) is 22.8 Å². The van der Waals surface area contributed by atoms with Crippen LogP contribution in [0, 0.1) is 0 Å². The van der Waals surface area contributed by atoms with Gasteiger partial charge in [-0.05, 0) is 37.9 Å². The smallest absolute Gasteiger partial charge is 0.347 e. The van der Waals surface area contributed by atoms with Crippen molar-refractivity contribution in [2.24, 2.45) is 0 Å². The highest BCUT2D eigenvalue weighted by Gasteiger charge is 2.35. The molecule has 0 spiro atoms. The lowest BCUT2D eigenvalue weighted by Gasteiger charge is -2.24. The molecule has 21 heavy (non-hydrogen) atoms. The van der Waals surface area contributed by atoms with Crippen LogP contribution in [0.4, 0.5) is 13.2 Å². The molecule has 0 aliphatic carbocycles. The number of thiophene rings is 1. The molecule has 0 aliphatic rings. The number of hydrogen-bond acceptors (Lipinski definition) is 3. The molecule has 0 atom stereocenters. The lowest BCUT2D eigenvalue weighted by atomic mass is 10.3. The van der Waals surface area contributed by atoms with Crippen molar-refractivity contribution in [3.8, 4) is 0 Å². The van der Waals surface area contributed by atoms with Gasteiger partial charge in [-0.15, -0.1) is 11.3 Å². The third-order valence-corrected chi connectivity index (χ3v) is 4.71. The Labute approximate surface area is 140 Å². The number of hydrogen-bond donors (Lipinski definition) is 0. The number of carbonyl (C=O) groups excluding carboxylic acids is 2. The van der Waals surface area contributed by atoms with Gasteiger partial charge < -0.3 is 9.80 Å². The second-order valence-electron chi connectivity index (χ2n) is 4.30. The molecule has 4 nitrogen and oxygen atoms in total. The van der Waals surface area contributed by atoms with Crippen molar-refractivity contribution in [3.63, 3.8) is 0 Å². The highest BCUT2D eigenvalue weighted by molar-refractivity contribution is 9.12. The van der Waals surface area contributed by atoms with Gasteiger partial charge in [0.25, 0.3) is 5.91 Å². The Morgan fingerprint density at radius 3 is 2.24 bits per heavy atom. The van der Waals surface area contributed by atoms with Gasteiger partial charge >= 0.3 is 6.18 Å². The van der Waals surface area contributed by atoms with E-state index in [0.717, 1.165) is 4.90 Å². The van der Waals surface area contributed by atoms with Crippen LogP contribution in [0.3, 0.4) is 0 Å². The van der Waals surface area contributed by atoms with E-state index in [2.05, 4.69) is 31.9 Å². The zero-order chi connectivity index (χ0) is 16.4. The number of halogens is 5. The number of rotatable bonds is 4. The van der Waals surface area contributed by atoms with E-state index in [1.54, 1.807) is 0 Å². The minimum Gasteiger partial charge on any atom is -0.347 e. The summed E-state index contributed by atoms with van der Waals surface area (Å²) in [6, 6.07) is 1.42. The molecular formula is C11H11Br2F3N2O2S. The van der Waals surface area contributed by atoms with Crippen LogP contribution in [-0.4, -0.2) is 55.0 Å². The fourth-order valence-electron chi connectivity index (χ4n) is 1.38. The van der Waals surface area contributed by atoms with E-state index in [1.165, 1.54) is 31.5 Å². The van der Waals surface area contributed by atoms with Crippen LogP contribution in [0.15, 0.2) is 13.6 Å². The molecule has 0 fully saturated rings. The first-order valence-electron chi connectivity index (χ1n) is 5.52. The highest BCUT2D eigenvalue weighted by Crippen LogP contribution is 2.33. The average Bonchev–Trinajstić information content (AvgIpc) is 2.64. The zero-order valence-corrected chi connectivity index (χ0v) is 15.0. The maximum atomic E-state index is 12.6. The highest BCUT2D eigenvalue weighted by atomic mass is 79.9. The molecule has 1 heterocycles. The van der Waals surface area contributed by atoms with Crippen molar-refractivity contribution in [1.29, 1.82) is 0 Å². The number of carbonyl (C=O) groups is 2. The number of amides is 2. The van der Waals surface area contributed by atoms with Gasteiger partial charge in [0.1, 0.15) is 13.1 Å². The monoisotopic (exact) mass is 450 g/mol. The summed E-state index contributed by atoms with van der Waals surface area (Å²) < 4.78 is 38.8. The average molecular weight is 452 g/mol. The second kappa shape index (κ2) is 7.10. The molecule has 10 heteroatoms. The van der Waals surface area contributed by atoms with Gasteiger partial charge in [0.2, 0.25) is 5.91 Å². The lowest BCUT2D eigenvalue weighted by molar-refractivity contribution is -0.146. The normalized spacial score (nSPS) is 11.4. The molecule has 1 aromatic rings. The maximum Gasteiger partial charge on any atom is 0.406 e. The van der Waals surface area contributed by atoms with Gasteiger partial charge in [-0.1, -0.05) is 0 Å². The fraction of sp³-hybridized carbons (Fsp3) is 0.455. The van der Waals surface area contributed by atoms with Crippen LogP contribution >= 0.6 is 43.2 Å². The van der Waals surface area contributed by atoms with E-state index in [-0.39, 0.29) is 5.56 Å². The summed E-state index contributed by atoms with van der Waals surface area (Å²) in [4.78, 5) is 25.5. The minimum atomic E-state index is -4.58. The molecule has 0 N–H and O–H groups in total. The molecule has 0 saturated carbocycles. The molecule has 0 radical (unpaired) electrons. The van der Waals surface area contributed by atoms with Crippen LogP contribution in [0.1, 0.15) is 10.4 Å². The van der Waals surface area contributed by atoms with Gasteiger partial charge in [0, 0.05) is 14.1 Å². The quantitative estimate of drug-likeness (QED) is 0.704. The molecule has 0 unspecified atom stereocenters. The SMILES string of the molecule is CN(C)C(=O)CN(CC(F)(F)F)C(=O)c1cc(Br)sc1Br. The van der Waals surface area contributed by atoms with Crippen molar-refractivity contribution in [2.75, 3.05) is 27.2 Å². The Balaban J connectivity index is 3.02. The van der Waals surface area contributed by atoms with Crippen molar-refractivity contribution in [2.45, 2.75) is 6.18 Å². The topological polar surface area (TPSA) is 40.6 Å². The first-order chi connectivity index (χ1) is 9.51. The summed E-state index contributed by atoms with van der Waals surface area (Å²) in [7, 11) is 2.82. The van der Waals surface area contributed by atoms with Gasteiger partial charge in [0.15, 0.2) is 0 Å². The number of alkyl halides is 3. The Morgan fingerprint density at radius 1 is 1.29 bits per heavy atom. The van der Waals surface area contributed by atoms with Gasteiger partial charge in [-0.2, -0.15) is 13.2 Å². The largest absolute Gasteiger partial charge is 0.406 e. The molecule has 1 rings (SSSR count). The van der Waals surface area contributed by atoms with Gasteiger partial charge in [-0.3, -0.25) is 9.59 Å². The summed E-state index contributed by atoms with van der Waals surface area (Å²) in [6.07, 6.45) is -4.58. The summed E-state index contributed by atoms with van der Waals surface area (Å²) >= 11 is 7.45. The maximum absolute atomic E-state index is 12.6. The number of likely N-dealkylation sites (N-methyl/N-ethyl adjacent to an activating group) is 1. The molecule has 118 valence electrons. The van der Waals surface area contributed by atoms with Crippen molar-refractivity contribution in [1.82, 2.24) is 9.80 Å². The zero-order valence-electron chi connectivity index (χ0n) is 11.0. The van der Waals surface area contributed by atoms with E-state index >= 15 is 0 Å². The van der Waals surface area contributed by atoms with Crippen LogP contribution in [-0.2, 0) is 4.79 Å². The van der Waals surface area contributed by atoms with Crippen LogP contribution in [0.25, 0.3) is 0 Å².